The van der Waals surface area contributed by atoms with Gasteiger partial charge in [0.25, 0.3) is 5.91 Å². The summed E-state index contributed by atoms with van der Waals surface area (Å²) in [6.07, 6.45) is -4.40. The van der Waals surface area contributed by atoms with Crippen LogP contribution in [0.4, 0.5) is 18.3 Å². The number of amides is 1. The van der Waals surface area contributed by atoms with Crippen molar-refractivity contribution in [1.29, 1.82) is 0 Å². The molecule has 1 saturated heterocycles. The predicted molar refractivity (Wildman–Crippen MR) is 130 cm³/mol. The van der Waals surface area contributed by atoms with E-state index < -0.39 is 17.6 Å². The molecule has 1 aliphatic rings. The van der Waals surface area contributed by atoms with Crippen molar-refractivity contribution in [3.63, 3.8) is 0 Å². The van der Waals surface area contributed by atoms with Crippen molar-refractivity contribution < 1.29 is 22.7 Å². The van der Waals surface area contributed by atoms with E-state index in [9.17, 15) is 18.0 Å². The number of aryl methyl sites for hydroxylation is 2. The van der Waals surface area contributed by atoms with E-state index in [0.29, 0.717) is 18.8 Å². The second kappa shape index (κ2) is 9.94. The Bertz CT molecular complexity index is 1200. The van der Waals surface area contributed by atoms with E-state index in [1.165, 1.54) is 23.5 Å². The van der Waals surface area contributed by atoms with Gasteiger partial charge in [-0.1, -0.05) is 17.4 Å². The molecule has 0 saturated carbocycles. The summed E-state index contributed by atoms with van der Waals surface area (Å²) in [5.74, 6) is -0.590. The highest BCUT2D eigenvalue weighted by molar-refractivity contribution is 7.19. The number of carbonyl (C=O) groups is 1. The standard InChI is InChI=1S/C25H27F3N4O2S/c1-14-8-19(9-15(2)30-14)22-21(31-24(35-22)32-12-16(3)34-17(4)13-32)11-29-23(33)18-6-5-7-20(10-18)25(26,27)28/h5-10,16-17H,11-13H2,1-4H3,(H,29,33)/t16-,17+. The number of ether oxygens (including phenoxy) is 1. The van der Waals surface area contributed by atoms with Gasteiger partial charge in [-0.25, -0.2) is 4.98 Å². The van der Waals surface area contributed by atoms with Crippen LogP contribution in [0.2, 0.25) is 0 Å². The maximum Gasteiger partial charge on any atom is 0.416 e. The second-order valence-electron chi connectivity index (χ2n) is 8.83. The molecule has 4 rings (SSSR count). The molecule has 186 valence electrons. The van der Waals surface area contributed by atoms with Gasteiger partial charge in [-0.3, -0.25) is 9.78 Å². The molecule has 3 heterocycles. The Hall–Kier alpha value is -2.98. The van der Waals surface area contributed by atoms with Crippen molar-refractivity contribution in [1.82, 2.24) is 15.3 Å². The third-order valence-corrected chi connectivity index (χ3v) is 6.80. The van der Waals surface area contributed by atoms with Gasteiger partial charge < -0.3 is 15.0 Å². The summed E-state index contributed by atoms with van der Waals surface area (Å²) in [4.78, 5) is 25.1. The monoisotopic (exact) mass is 504 g/mol. The van der Waals surface area contributed by atoms with Crippen molar-refractivity contribution in [2.45, 2.75) is 52.6 Å². The Balaban J connectivity index is 1.63. The van der Waals surface area contributed by atoms with Gasteiger partial charge in [0.05, 0.1) is 34.9 Å². The Morgan fingerprint density at radius 1 is 1.11 bits per heavy atom. The quantitative estimate of drug-likeness (QED) is 0.505. The molecule has 35 heavy (non-hydrogen) atoms. The number of alkyl halides is 3. The van der Waals surface area contributed by atoms with Gasteiger partial charge in [0, 0.05) is 30.0 Å². The normalized spacial score (nSPS) is 18.5. The van der Waals surface area contributed by atoms with Crippen LogP contribution in [0.25, 0.3) is 10.4 Å². The number of nitrogens with one attached hydrogen (secondary N) is 1. The molecule has 3 aromatic rings. The van der Waals surface area contributed by atoms with Crippen LogP contribution in [0.3, 0.4) is 0 Å². The summed E-state index contributed by atoms with van der Waals surface area (Å²) >= 11 is 1.53. The van der Waals surface area contributed by atoms with Crippen LogP contribution < -0.4 is 10.2 Å². The third kappa shape index (κ3) is 5.99. The van der Waals surface area contributed by atoms with Crippen molar-refractivity contribution in [3.05, 3.63) is 64.6 Å². The SMILES string of the molecule is Cc1cc(-c2sc(N3C[C@@H](C)O[C@@H](C)C3)nc2CNC(=O)c2cccc(C(F)(F)F)c2)cc(C)n1. The van der Waals surface area contributed by atoms with Crippen LogP contribution in [0.1, 0.15) is 46.9 Å². The Morgan fingerprint density at radius 2 is 1.77 bits per heavy atom. The smallest absolute Gasteiger partial charge is 0.372 e. The average Bonchev–Trinajstić information content (AvgIpc) is 3.20. The fraction of sp³-hybridized carbons (Fsp3) is 0.400. The molecule has 0 radical (unpaired) electrons. The summed E-state index contributed by atoms with van der Waals surface area (Å²) in [5, 5.41) is 3.56. The molecular formula is C25H27F3N4O2S. The van der Waals surface area contributed by atoms with Gasteiger partial charge in [0.1, 0.15) is 0 Å². The number of morpholine rings is 1. The summed E-state index contributed by atoms with van der Waals surface area (Å²) < 4.78 is 45.0. The van der Waals surface area contributed by atoms with Crippen molar-refractivity contribution >= 4 is 22.4 Å². The summed E-state index contributed by atoms with van der Waals surface area (Å²) in [7, 11) is 0. The van der Waals surface area contributed by atoms with Gasteiger partial charge in [0.2, 0.25) is 0 Å². The van der Waals surface area contributed by atoms with Crippen molar-refractivity contribution in [3.8, 4) is 10.4 Å². The van der Waals surface area contributed by atoms with Crippen LogP contribution in [-0.4, -0.2) is 41.2 Å². The molecule has 0 bridgehead atoms. The van der Waals surface area contributed by atoms with E-state index in [1.807, 2.05) is 39.8 Å². The number of pyridine rings is 1. The first-order valence-electron chi connectivity index (χ1n) is 11.3. The van der Waals surface area contributed by atoms with Crippen LogP contribution in [0.15, 0.2) is 36.4 Å². The Kier molecular flexibility index (Phi) is 7.14. The lowest BCUT2D eigenvalue weighted by Crippen LogP contribution is -2.45. The second-order valence-corrected chi connectivity index (χ2v) is 9.81. The minimum absolute atomic E-state index is 0.0525. The van der Waals surface area contributed by atoms with Crippen LogP contribution >= 0.6 is 11.3 Å². The van der Waals surface area contributed by atoms with Gasteiger partial charge in [0.15, 0.2) is 5.13 Å². The molecule has 0 aliphatic carbocycles. The largest absolute Gasteiger partial charge is 0.416 e. The number of rotatable bonds is 5. The summed E-state index contributed by atoms with van der Waals surface area (Å²) in [5.41, 5.74) is 2.41. The minimum atomic E-state index is -4.52. The number of benzene rings is 1. The number of thiazole rings is 1. The highest BCUT2D eigenvalue weighted by atomic mass is 32.1. The first kappa shape index (κ1) is 25.1. The van der Waals surface area contributed by atoms with E-state index in [4.69, 9.17) is 9.72 Å². The number of hydrogen-bond acceptors (Lipinski definition) is 6. The minimum Gasteiger partial charge on any atom is -0.372 e. The number of hydrogen-bond donors (Lipinski definition) is 1. The van der Waals surface area contributed by atoms with E-state index in [2.05, 4.69) is 15.2 Å². The molecule has 1 aromatic carbocycles. The predicted octanol–water partition coefficient (Wildman–Crippen LogP) is 5.38. The zero-order valence-electron chi connectivity index (χ0n) is 19.9. The molecule has 0 unspecified atom stereocenters. The molecule has 6 nitrogen and oxygen atoms in total. The maximum atomic E-state index is 13.1. The molecule has 2 aromatic heterocycles. The molecule has 2 atom stereocenters. The van der Waals surface area contributed by atoms with Crippen LogP contribution in [-0.2, 0) is 17.5 Å². The number of carbonyl (C=O) groups excluding carboxylic acids is 1. The topological polar surface area (TPSA) is 67.3 Å². The van der Waals surface area contributed by atoms with E-state index in [1.54, 1.807) is 0 Å². The molecule has 1 N–H and O–H groups in total. The van der Waals surface area contributed by atoms with Gasteiger partial charge >= 0.3 is 6.18 Å². The fourth-order valence-electron chi connectivity index (χ4n) is 4.22. The Labute approximate surface area is 206 Å². The maximum absolute atomic E-state index is 13.1. The molecule has 1 fully saturated rings. The number of anilines is 1. The molecule has 0 spiro atoms. The van der Waals surface area contributed by atoms with Gasteiger partial charge in [-0.05, 0) is 63.6 Å². The number of nitrogens with zero attached hydrogens (tertiary/aromatic N) is 3. The Morgan fingerprint density at radius 3 is 2.40 bits per heavy atom. The van der Waals surface area contributed by atoms with E-state index >= 15 is 0 Å². The molecule has 1 aliphatic heterocycles. The third-order valence-electron chi connectivity index (χ3n) is 5.59. The lowest BCUT2D eigenvalue weighted by Gasteiger charge is -2.35. The highest BCUT2D eigenvalue weighted by Crippen LogP contribution is 2.37. The average molecular weight is 505 g/mol. The van der Waals surface area contributed by atoms with E-state index in [0.717, 1.165) is 39.1 Å². The van der Waals surface area contributed by atoms with Crippen LogP contribution in [0, 0.1) is 13.8 Å². The number of halogens is 3. The lowest BCUT2D eigenvalue weighted by atomic mass is 10.1. The van der Waals surface area contributed by atoms with Crippen LogP contribution in [0.5, 0.6) is 0 Å². The first-order valence-corrected chi connectivity index (χ1v) is 12.1. The fourth-order valence-corrected chi connectivity index (χ4v) is 5.31. The molecule has 1 amide bonds. The van der Waals surface area contributed by atoms with E-state index in [-0.39, 0.29) is 24.3 Å². The number of aromatic nitrogens is 2. The van der Waals surface area contributed by atoms with Gasteiger partial charge in [-0.15, -0.1) is 0 Å². The molecule has 10 heteroatoms. The zero-order valence-corrected chi connectivity index (χ0v) is 20.8. The summed E-state index contributed by atoms with van der Waals surface area (Å²) in [6, 6.07) is 8.33. The lowest BCUT2D eigenvalue weighted by molar-refractivity contribution is -0.137. The van der Waals surface area contributed by atoms with Crippen molar-refractivity contribution in [2.24, 2.45) is 0 Å². The summed E-state index contributed by atoms with van der Waals surface area (Å²) in [6.45, 7) is 9.34. The molecular weight excluding hydrogens is 477 g/mol. The van der Waals surface area contributed by atoms with Gasteiger partial charge in [-0.2, -0.15) is 13.2 Å². The first-order chi connectivity index (χ1) is 16.5. The highest BCUT2D eigenvalue weighted by Gasteiger charge is 2.31. The van der Waals surface area contributed by atoms with Crippen molar-refractivity contribution in [2.75, 3.05) is 18.0 Å². The zero-order chi connectivity index (χ0) is 25.3.